The summed E-state index contributed by atoms with van der Waals surface area (Å²) in [6.07, 6.45) is 0.425. The highest BCUT2D eigenvalue weighted by atomic mass is 35.5. The van der Waals surface area contributed by atoms with Crippen molar-refractivity contribution in [1.29, 1.82) is 0 Å². The van der Waals surface area contributed by atoms with Gasteiger partial charge in [0.2, 0.25) is 5.95 Å². The second-order valence-electron chi connectivity index (χ2n) is 3.41. The number of halogens is 2. The van der Waals surface area contributed by atoms with Gasteiger partial charge in [0.1, 0.15) is 11.1 Å². The van der Waals surface area contributed by atoms with Crippen LogP contribution in [-0.4, -0.2) is 21.0 Å². The molecule has 4 nitrogen and oxygen atoms in total. The minimum atomic E-state index is -1.19. The van der Waals surface area contributed by atoms with Crippen LogP contribution in [-0.2, 0) is 6.42 Å². The van der Waals surface area contributed by atoms with Gasteiger partial charge in [-0.3, -0.25) is 4.98 Å². The van der Waals surface area contributed by atoms with E-state index in [1.165, 1.54) is 6.07 Å². The monoisotopic (exact) mass is 254 g/mol. The molecule has 2 heterocycles. The van der Waals surface area contributed by atoms with Crippen LogP contribution < -0.4 is 0 Å². The lowest BCUT2D eigenvalue weighted by Gasteiger charge is -2.08. The Bertz CT molecular complexity index is 616. The van der Waals surface area contributed by atoms with Gasteiger partial charge in [0, 0.05) is 0 Å². The third-order valence-corrected chi connectivity index (χ3v) is 2.73. The van der Waals surface area contributed by atoms with E-state index in [1.807, 2.05) is 0 Å². The zero-order chi connectivity index (χ0) is 12.6. The Morgan fingerprint density at radius 1 is 1.47 bits per heavy atom. The number of rotatable bonds is 2. The zero-order valence-corrected chi connectivity index (χ0v) is 9.62. The molecule has 0 fully saturated rings. The van der Waals surface area contributed by atoms with Gasteiger partial charge in [-0.05, 0) is 18.6 Å². The Morgan fingerprint density at radius 3 is 2.76 bits per heavy atom. The van der Waals surface area contributed by atoms with Crippen molar-refractivity contribution < 1.29 is 14.3 Å². The number of hydrogen-bond donors (Lipinski definition) is 1. The molecule has 0 saturated heterocycles. The largest absolute Gasteiger partial charge is 0.478 e. The normalized spacial score (nSPS) is 10.8. The Balaban J connectivity index is 2.88. The standard InChI is InChI=1S/C11H8ClFN2O2/c1-2-5-8(11(16)17)9(12)10-6(14-5)3-4-7(13)15-10/h3-4H,2H2,1H3,(H,16,17). The van der Waals surface area contributed by atoms with E-state index in [-0.39, 0.29) is 16.1 Å². The highest BCUT2D eigenvalue weighted by Crippen LogP contribution is 2.27. The summed E-state index contributed by atoms with van der Waals surface area (Å²) in [4.78, 5) is 18.8. The summed E-state index contributed by atoms with van der Waals surface area (Å²) in [6, 6.07) is 2.58. The molecule has 0 aliphatic carbocycles. The number of carboxylic acids is 1. The first-order valence-electron chi connectivity index (χ1n) is 4.92. The molecular formula is C11H8ClFN2O2. The predicted molar refractivity (Wildman–Crippen MR) is 60.8 cm³/mol. The molecule has 17 heavy (non-hydrogen) atoms. The van der Waals surface area contributed by atoms with Crippen LogP contribution in [0.3, 0.4) is 0 Å². The van der Waals surface area contributed by atoms with E-state index in [0.717, 1.165) is 6.07 Å². The minimum Gasteiger partial charge on any atom is -0.478 e. The van der Waals surface area contributed by atoms with E-state index < -0.39 is 11.9 Å². The summed E-state index contributed by atoms with van der Waals surface area (Å²) < 4.78 is 13.0. The van der Waals surface area contributed by atoms with Gasteiger partial charge in [0.25, 0.3) is 0 Å². The van der Waals surface area contributed by atoms with Crippen molar-refractivity contribution in [2.45, 2.75) is 13.3 Å². The van der Waals surface area contributed by atoms with Crippen molar-refractivity contribution in [3.63, 3.8) is 0 Å². The van der Waals surface area contributed by atoms with Crippen LogP contribution in [0.1, 0.15) is 23.0 Å². The van der Waals surface area contributed by atoms with Crippen LogP contribution in [0, 0.1) is 5.95 Å². The number of nitrogens with zero attached hydrogens (tertiary/aromatic N) is 2. The van der Waals surface area contributed by atoms with Crippen LogP contribution in [0.2, 0.25) is 5.02 Å². The number of carbonyl (C=O) groups is 1. The van der Waals surface area contributed by atoms with Gasteiger partial charge < -0.3 is 5.11 Å². The molecule has 0 spiro atoms. The number of pyridine rings is 2. The quantitative estimate of drug-likeness (QED) is 0.837. The maximum absolute atomic E-state index is 13.0. The van der Waals surface area contributed by atoms with E-state index in [1.54, 1.807) is 6.92 Å². The smallest absolute Gasteiger partial charge is 0.339 e. The zero-order valence-electron chi connectivity index (χ0n) is 8.87. The molecule has 0 aromatic carbocycles. The number of aromatic carboxylic acids is 1. The molecule has 0 atom stereocenters. The number of aromatic nitrogens is 2. The topological polar surface area (TPSA) is 63.1 Å². The molecule has 2 aromatic rings. The number of carboxylic acid groups (broad SMARTS) is 1. The second-order valence-corrected chi connectivity index (χ2v) is 3.79. The Kier molecular flexibility index (Phi) is 2.93. The summed E-state index contributed by atoms with van der Waals surface area (Å²) in [6.45, 7) is 1.77. The minimum absolute atomic E-state index is 0.0705. The van der Waals surface area contributed by atoms with Crippen LogP contribution >= 0.6 is 11.6 Å². The molecule has 2 aromatic heterocycles. The molecule has 0 bridgehead atoms. The molecule has 0 aliphatic heterocycles. The molecule has 88 valence electrons. The predicted octanol–water partition coefficient (Wildman–Crippen LogP) is 2.68. The van der Waals surface area contributed by atoms with E-state index >= 15 is 0 Å². The molecular weight excluding hydrogens is 247 g/mol. The number of aryl methyl sites for hydroxylation is 1. The third-order valence-electron chi connectivity index (χ3n) is 2.36. The van der Waals surface area contributed by atoms with Gasteiger partial charge in [-0.15, -0.1) is 0 Å². The van der Waals surface area contributed by atoms with Crippen molar-refractivity contribution in [2.24, 2.45) is 0 Å². The van der Waals surface area contributed by atoms with Gasteiger partial charge in [0.05, 0.1) is 16.2 Å². The van der Waals surface area contributed by atoms with Gasteiger partial charge in [-0.1, -0.05) is 18.5 Å². The van der Waals surface area contributed by atoms with Crippen molar-refractivity contribution in [3.05, 3.63) is 34.4 Å². The van der Waals surface area contributed by atoms with Crippen LogP contribution in [0.5, 0.6) is 0 Å². The van der Waals surface area contributed by atoms with Crippen molar-refractivity contribution in [3.8, 4) is 0 Å². The second kappa shape index (κ2) is 4.25. The highest BCUT2D eigenvalue weighted by molar-refractivity contribution is 6.37. The van der Waals surface area contributed by atoms with E-state index in [9.17, 15) is 9.18 Å². The van der Waals surface area contributed by atoms with Crippen molar-refractivity contribution >= 4 is 28.6 Å². The SMILES string of the molecule is CCc1nc2ccc(F)nc2c(Cl)c1C(=O)O. The van der Waals surface area contributed by atoms with E-state index in [2.05, 4.69) is 9.97 Å². The molecule has 0 unspecified atom stereocenters. The van der Waals surface area contributed by atoms with E-state index in [4.69, 9.17) is 16.7 Å². The van der Waals surface area contributed by atoms with E-state index in [0.29, 0.717) is 17.6 Å². The molecule has 1 N–H and O–H groups in total. The maximum Gasteiger partial charge on any atom is 0.339 e. The summed E-state index contributed by atoms with van der Waals surface area (Å²) in [5.74, 6) is -1.91. The molecule has 0 aliphatic rings. The van der Waals surface area contributed by atoms with Gasteiger partial charge in [0.15, 0.2) is 0 Å². The summed E-state index contributed by atoms with van der Waals surface area (Å²) in [7, 11) is 0. The Labute approximate surface area is 101 Å². The van der Waals surface area contributed by atoms with Crippen molar-refractivity contribution in [2.75, 3.05) is 0 Å². The fourth-order valence-electron chi connectivity index (χ4n) is 1.60. The lowest BCUT2D eigenvalue weighted by molar-refractivity contribution is 0.0695. The fraction of sp³-hybridized carbons (Fsp3) is 0.182. The number of hydrogen-bond acceptors (Lipinski definition) is 3. The van der Waals surface area contributed by atoms with Gasteiger partial charge in [-0.25, -0.2) is 9.78 Å². The molecule has 0 saturated carbocycles. The molecule has 2 rings (SSSR count). The summed E-state index contributed by atoms with van der Waals surface area (Å²) in [5, 5.41) is 8.99. The van der Waals surface area contributed by atoms with Gasteiger partial charge >= 0.3 is 5.97 Å². The maximum atomic E-state index is 13.0. The highest BCUT2D eigenvalue weighted by Gasteiger charge is 2.19. The molecule has 6 heteroatoms. The Hall–Kier alpha value is -1.75. The Morgan fingerprint density at radius 2 is 2.18 bits per heavy atom. The first-order valence-corrected chi connectivity index (χ1v) is 5.30. The first kappa shape index (κ1) is 11.7. The fourth-order valence-corrected chi connectivity index (χ4v) is 1.93. The lowest BCUT2D eigenvalue weighted by Crippen LogP contribution is -2.07. The summed E-state index contributed by atoms with van der Waals surface area (Å²) in [5.41, 5.74) is 0.711. The molecule has 0 amide bonds. The van der Waals surface area contributed by atoms with Crippen LogP contribution in [0.25, 0.3) is 11.0 Å². The average molecular weight is 255 g/mol. The third kappa shape index (κ3) is 1.93. The van der Waals surface area contributed by atoms with Crippen LogP contribution in [0.4, 0.5) is 4.39 Å². The number of fused-ring (bicyclic) bond motifs is 1. The summed E-state index contributed by atoms with van der Waals surface area (Å²) >= 11 is 5.94. The van der Waals surface area contributed by atoms with Crippen LogP contribution in [0.15, 0.2) is 12.1 Å². The van der Waals surface area contributed by atoms with Gasteiger partial charge in [-0.2, -0.15) is 4.39 Å². The lowest BCUT2D eigenvalue weighted by atomic mass is 10.1. The molecule has 0 radical (unpaired) electrons. The first-order chi connectivity index (χ1) is 8.04. The van der Waals surface area contributed by atoms with Crippen molar-refractivity contribution in [1.82, 2.24) is 9.97 Å². The average Bonchev–Trinajstić information content (AvgIpc) is 2.29.